The van der Waals surface area contributed by atoms with Gasteiger partial charge in [-0.15, -0.1) is 0 Å². The Balaban J connectivity index is -0.000000405. The Labute approximate surface area is 114 Å². The topological polar surface area (TPSA) is 18.5 Å². The van der Waals surface area contributed by atoms with E-state index < -0.39 is 0 Å². The van der Waals surface area contributed by atoms with Crippen molar-refractivity contribution in [1.29, 1.82) is 0 Å². The first-order valence-corrected chi connectivity index (χ1v) is 3.57. The van der Waals surface area contributed by atoms with Crippen LogP contribution >= 0.6 is 0 Å². The van der Waals surface area contributed by atoms with Gasteiger partial charge in [-0.05, 0) is 41.5 Å². The molecule has 2 nitrogen and oxygen atoms in total. The molecule has 0 aromatic heterocycles. The molecule has 0 aliphatic rings. The van der Waals surface area contributed by atoms with Crippen LogP contribution in [0.2, 0.25) is 0 Å². The van der Waals surface area contributed by atoms with Crippen LogP contribution in [0.25, 0.3) is 0 Å². The fourth-order valence-electron chi connectivity index (χ4n) is 0.250. The minimum absolute atomic E-state index is 0. The van der Waals surface area contributed by atoms with Crippen LogP contribution in [0.4, 0.5) is 0 Å². The molecule has 0 aliphatic carbocycles. The van der Waals surface area contributed by atoms with Gasteiger partial charge in [-0.3, -0.25) is 0 Å². The molecular weight excluding hydrogens is 167 g/mol. The third kappa shape index (κ3) is 14.4. The van der Waals surface area contributed by atoms with Gasteiger partial charge in [0.1, 0.15) is 0 Å². The van der Waals surface area contributed by atoms with Crippen LogP contribution in [-0.2, 0) is 9.78 Å². The van der Waals surface area contributed by atoms with Crippen molar-refractivity contribution in [2.75, 3.05) is 0 Å². The summed E-state index contributed by atoms with van der Waals surface area (Å²) in [7, 11) is 0. The maximum atomic E-state index is 5.09. The fraction of sp³-hybridized carbons (Fsp3) is 1.00. The van der Waals surface area contributed by atoms with Gasteiger partial charge in [0, 0.05) is 0 Å². The van der Waals surface area contributed by atoms with E-state index in [-0.39, 0.29) is 64.0 Å². The molecule has 0 heterocycles. The van der Waals surface area contributed by atoms with Crippen molar-refractivity contribution in [2.24, 2.45) is 0 Å². The van der Waals surface area contributed by atoms with Crippen molar-refractivity contribution in [3.8, 4) is 0 Å². The Kier molecular flexibility index (Phi) is 7.28. The molecule has 0 N–H and O–H groups in total. The normalized spacial score (nSPS) is 12.5. The Morgan fingerprint density at radius 1 is 0.727 bits per heavy atom. The van der Waals surface area contributed by atoms with Crippen LogP contribution in [0.1, 0.15) is 43.0 Å². The van der Waals surface area contributed by atoms with Crippen LogP contribution < -0.4 is 51.4 Å². The van der Waals surface area contributed by atoms with Crippen LogP contribution in [0.3, 0.4) is 0 Å². The molecule has 0 saturated heterocycles. The summed E-state index contributed by atoms with van der Waals surface area (Å²) in [4.78, 5) is 10.2. The van der Waals surface area contributed by atoms with Gasteiger partial charge in [-0.1, -0.05) is 0 Å². The van der Waals surface area contributed by atoms with Gasteiger partial charge < -0.3 is 1.43 Å². The molecule has 0 atom stereocenters. The van der Waals surface area contributed by atoms with E-state index >= 15 is 0 Å². The summed E-state index contributed by atoms with van der Waals surface area (Å²) in [6.45, 7) is 11.7. The van der Waals surface area contributed by atoms with Crippen molar-refractivity contribution < 1.29 is 62.6 Å². The van der Waals surface area contributed by atoms with Gasteiger partial charge in [0.15, 0.2) is 0 Å². The van der Waals surface area contributed by atoms with Gasteiger partial charge in [-0.2, -0.15) is 0 Å². The standard InChI is InChI=1S/C8H18O2.K.H/c1-7(2,3)9-10-8(4,5)6;;/h1-6H3;;/q;+1;-1. The van der Waals surface area contributed by atoms with Crippen molar-refractivity contribution in [3.63, 3.8) is 0 Å². The Hall–Kier alpha value is 1.56. The number of rotatable bonds is 1. The van der Waals surface area contributed by atoms with E-state index in [0.29, 0.717) is 0 Å². The smallest absolute Gasteiger partial charge is 1.00 e. The van der Waals surface area contributed by atoms with Crippen molar-refractivity contribution in [3.05, 3.63) is 0 Å². The van der Waals surface area contributed by atoms with E-state index in [2.05, 4.69) is 0 Å². The first-order chi connectivity index (χ1) is 4.21. The molecule has 11 heavy (non-hydrogen) atoms. The predicted octanol–water partition coefficient (Wildman–Crippen LogP) is -0.352. The second kappa shape index (κ2) is 5.32. The van der Waals surface area contributed by atoms with Crippen LogP contribution in [0.15, 0.2) is 0 Å². The van der Waals surface area contributed by atoms with E-state index in [9.17, 15) is 0 Å². The Morgan fingerprint density at radius 3 is 1.00 bits per heavy atom. The van der Waals surface area contributed by atoms with E-state index in [1.54, 1.807) is 0 Å². The molecule has 64 valence electrons. The largest absolute Gasteiger partial charge is 1.00 e. The molecule has 0 bridgehead atoms. The van der Waals surface area contributed by atoms with E-state index in [1.807, 2.05) is 41.5 Å². The van der Waals surface area contributed by atoms with Crippen molar-refractivity contribution in [2.45, 2.75) is 52.7 Å². The van der Waals surface area contributed by atoms with E-state index in [4.69, 9.17) is 9.78 Å². The molecule has 0 aromatic carbocycles. The van der Waals surface area contributed by atoms with Gasteiger partial charge in [-0.25, -0.2) is 9.78 Å². The van der Waals surface area contributed by atoms with Crippen LogP contribution in [0, 0.1) is 0 Å². The molecule has 0 unspecified atom stereocenters. The summed E-state index contributed by atoms with van der Waals surface area (Å²) >= 11 is 0. The second-order valence-corrected chi connectivity index (χ2v) is 4.39. The monoisotopic (exact) mass is 186 g/mol. The zero-order valence-electron chi connectivity index (χ0n) is 9.82. The first-order valence-electron chi connectivity index (χ1n) is 3.57. The van der Waals surface area contributed by atoms with Gasteiger partial charge >= 0.3 is 51.4 Å². The summed E-state index contributed by atoms with van der Waals surface area (Å²) in [5, 5.41) is 0. The molecule has 0 aliphatic heterocycles. The summed E-state index contributed by atoms with van der Waals surface area (Å²) in [6.07, 6.45) is 0. The summed E-state index contributed by atoms with van der Waals surface area (Å²) in [5.41, 5.74) is -0.430. The number of hydrogen-bond donors (Lipinski definition) is 0. The van der Waals surface area contributed by atoms with Crippen molar-refractivity contribution >= 4 is 0 Å². The molecule has 0 saturated carbocycles. The minimum Gasteiger partial charge on any atom is -1.00 e. The summed E-state index contributed by atoms with van der Waals surface area (Å²) in [6, 6.07) is 0. The average molecular weight is 186 g/mol. The maximum Gasteiger partial charge on any atom is 1.00 e. The van der Waals surface area contributed by atoms with E-state index in [1.165, 1.54) is 0 Å². The third-order valence-electron chi connectivity index (χ3n) is 0.542. The molecule has 0 rings (SSSR count). The molecule has 0 amide bonds. The molecular formula is C8H19KO2. The van der Waals surface area contributed by atoms with Gasteiger partial charge in [0.25, 0.3) is 0 Å². The quantitative estimate of drug-likeness (QED) is 0.316. The fourth-order valence-corrected chi connectivity index (χ4v) is 0.250. The van der Waals surface area contributed by atoms with Gasteiger partial charge in [0.2, 0.25) is 0 Å². The van der Waals surface area contributed by atoms with Gasteiger partial charge in [0.05, 0.1) is 11.2 Å². The Bertz CT molecular complexity index is 90.6. The number of hydrogen-bond acceptors (Lipinski definition) is 2. The average Bonchev–Trinajstić information content (AvgIpc) is 1.57. The second-order valence-electron chi connectivity index (χ2n) is 4.39. The summed E-state index contributed by atoms with van der Waals surface area (Å²) in [5.74, 6) is 0. The molecule has 0 fully saturated rings. The molecule has 3 heteroatoms. The molecule has 0 spiro atoms. The van der Waals surface area contributed by atoms with Crippen molar-refractivity contribution in [1.82, 2.24) is 0 Å². The molecule has 0 radical (unpaired) electrons. The van der Waals surface area contributed by atoms with Crippen LogP contribution in [-0.4, -0.2) is 11.2 Å². The third-order valence-corrected chi connectivity index (χ3v) is 0.542. The maximum absolute atomic E-state index is 5.09. The molecule has 0 aromatic rings. The first kappa shape index (κ1) is 15.0. The summed E-state index contributed by atoms with van der Waals surface area (Å²) < 4.78 is 0. The SMILES string of the molecule is CC(C)(C)OOC(C)(C)C.[H-].[K+]. The van der Waals surface area contributed by atoms with Crippen LogP contribution in [0.5, 0.6) is 0 Å². The Morgan fingerprint density at radius 2 is 0.909 bits per heavy atom. The zero-order chi connectivity index (χ0) is 8.41. The zero-order valence-corrected chi connectivity index (χ0v) is 11.9. The predicted molar refractivity (Wildman–Crippen MR) is 42.8 cm³/mol. The van der Waals surface area contributed by atoms with E-state index in [0.717, 1.165) is 0 Å². The minimum atomic E-state index is -0.215.